The predicted molar refractivity (Wildman–Crippen MR) is 89.2 cm³/mol. The van der Waals surface area contributed by atoms with Crippen molar-refractivity contribution >= 4 is 52.4 Å². The molecule has 0 saturated carbocycles. The first-order valence-corrected chi connectivity index (χ1v) is 8.36. The standard InChI is InChI=1S/C12H14N6S3/c19-10-8(16-17-12-13-4-7-21-12)9(14-11(20)15-10)18-5-2-1-3-6-18/h4,7H,1-3,5-6H2,(H2,14,15,19,20). The van der Waals surface area contributed by atoms with E-state index in [-0.39, 0.29) is 0 Å². The van der Waals surface area contributed by atoms with Crippen LogP contribution in [0.25, 0.3) is 0 Å². The van der Waals surface area contributed by atoms with Crippen LogP contribution in [0, 0.1) is 9.41 Å². The van der Waals surface area contributed by atoms with Crippen molar-refractivity contribution in [2.75, 3.05) is 18.0 Å². The number of azo groups is 1. The van der Waals surface area contributed by atoms with Crippen LogP contribution in [-0.4, -0.2) is 28.0 Å². The number of nitrogens with zero attached hydrogens (tertiary/aromatic N) is 4. The highest BCUT2D eigenvalue weighted by molar-refractivity contribution is 7.72. The van der Waals surface area contributed by atoms with Crippen LogP contribution < -0.4 is 4.90 Å². The van der Waals surface area contributed by atoms with E-state index in [4.69, 9.17) is 24.4 Å². The van der Waals surface area contributed by atoms with Gasteiger partial charge in [-0.15, -0.1) is 21.6 Å². The Bertz CT molecular complexity index is 739. The third-order valence-electron chi connectivity index (χ3n) is 3.23. The van der Waals surface area contributed by atoms with Crippen molar-refractivity contribution in [3.05, 3.63) is 21.0 Å². The summed E-state index contributed by atoms with van der Waals surface area (Å²) in [7, 11) is 0. The van der Waals surface area contributed by atoms with Crippen molar-refractivity contribution < 1.29 is 0 Å². The van der Waals surface area contributed by atoms with Crippen LogP contribution in [0.4, 0.5) is 16.6 Å². The summed E-state index contributed by atoms with van der Waals surface area (Å²) in [5.41, 5.74) is 0.621. The van der Waals surface area contributed by atoms with E-state index >= 15 is 0 Å². The zero-order chi connectivity index (χ0) is 14.7. The van der Waals surface area contributed by atoms with Gasteiger partial charge in [0.25, 0.3) is 0 Å². The first-order valence-electron chi connectivity index (χ1n) is 6.67. The van der Waals surface area contributed by atoms with Crippen LogP contribution >= 0.6 is 35.8 Å². The van der Waals surface area contributed by atoms with Gasteiger partial charge in [-0.1, -0.05) is 12.2 Å². The van der Waals surface area contributed by atoms with Crippen molar-refractivity contribution in [2.45, 2.75) is 19.3 Å². The Morgan fingerprint density at radius 1 is 1.14 bits per heavy atom. The first kappa shape index (κ1) is 14.5. The molecule has 21 heavy (non-hydrogen) atoms. The van der Waals surface area contributed by atoms with Gasteiger partial charge in [0.2, 0.25) is 5.13 Å². The van der Waals surface area contributed by atoms with E-state index in [1.165, 1.54) is 17.8 Å². The zero-order valence-electron chi connectivity index (χ0n) is 11.2. The highest BCUT2D eigenvalue weighted by Gasteiger charge is 2.16. The average molecular weight is 338 g/mol. The van der Waals surface area contributed by atoms with Crippen LogP contribution in [0.2, 0.25) is 0 Å². The smallest absolute Gasteiger partial charge is 0.229 e. The van der Waals surface area contributed by atoms with E-state index in [0.29, 0.717) is 20.2 Å². The van der Waals surface area contributed by atoms with Gasteiger partial charge in [-0.25, -0.2) is 4.98 Å². The number of aromatic amines is 2. The van der Waals surface area contributed by atoms with Gasteiger partial charge >= 0.3 is 0 Å². The summed E-state index contributed by atoms with van der Waals surface area (Å²) in [5.74, 6) is 0.851. The van der Waals surface area contributed by atoms with E-state index in [1.54, 1.807) is 6.20 Å². The van der Waals surface area contributed by atoms with Gasteiger partial charge in [0.15, 0.2) is 10.5 Å². The van der Waals surface area contributed by atoms with Gasteiger partial charge in [-0.3, -0.25) is 0 Å². The molecule has 1 aliphatic rings. The third-order valence-corrected chi connectivity index (χ3v) is 4.38. The van der Waals surface area contributed by atoms with E-state index in [0.717, 1.165) is 31.7 Å². The molecule has 2 aromatic heterocycles. The number of hydrogen-bond donors (Lipinski definition) is 2. The molecular formula is C12H14N6S3. The second-order valence-electron chi connectivity index (χ2n) is 4.67. The topological polar surface area (TPSA) is 72.4 Å². The van der Waals surface area contributed by atoms with Crippen molar-refractivity contribution in [2.24, 2.45) is 10.2 Å². The quantitative estimate of drug-likeness (QED) is 0.630. The molecule has 0 aromatic carbocycles. The lowest BCUT2D eigenvalue weighted by Gasteiger charge is -2.28. The minimum absolute atomic E-state index is 0.500. The number of hydrogen-bond acceptors (Lipinski definition) is 7. The molecule has 0 bridgehead atoms. The number of anilines is 1. The van der Waals surface area contributed by atoms with Crippen molar-refractivity contribution in [1.82, 2.24) is 15.0 Å². The van der Waals surface area contributed by atoms with Crippen molar-refractivity contribution in [1.29, 1.82) is 0 Å². The molecule has 1 fully saturated rings. The summed E-state index contributed by atoms with van der Waals surface area (Å²) in [5, 5.41) is 10.9. The monoisotopic (exact) mass is 338 g/mol. The highest BCUT2D eigenvalue weighted by atomic mass is 32.1. The molecule has 3 rings (SSSR count). The number of nitrogens with one attached hydrogen (secondary N) is 2. The SMILES string of the molecule is S=c1[nH]c(N2CCCCC2)c(N=Nc2nccs2)c(=S)[nH]1. The molecule has 110 valence electrons. The molecular weight excluding hydrogens is 324 g/mol. The van der Waals surface area contributed by atoms with E-state index in [9.17, 15) is 0 Å². The maximum absolute atomic E-state index is 5.35. The molecule has 1 saturated heterocycles. The second kappa shape index (κ2) is 6.54. The van der Waals surface area contributed by atoms with Crippen molar-refractivity contribution in [3.63, 3.8) is 0 Å². The summed E-state index contributed by atoms with van der Waals surface area (Å²) in [4.78, 5) is 12.4. The average Bonchev–Trinajstić information content (AvgIpc) is 3.00. The Kier molecular flexibility index (Phi) is 4.51. The zero-order valence-corrected chi connectivity index (χ0v) is 13.7. The minimum atomic E-state index is 0.500. The molecule has 6 nitrogen and oxygen atoms in total. The molecule has 0 amide bonds. The van der Waals surface area contributed by atoms with Crippen LogP contribution in [-0.2, 0) is 0 Å². The van der Waals surface area contributed by atoms with Crippen LogP contribution in [0.15, 0.2) is 21.8 Å². The lowest BCUT2D eigenvalue weighted by Crippen LogP contribution is -2.30. The number of aromatic nitrogens is 3. The van der Waals surface area contributed by atoms with Gasteiger partial charge in [-0.05, 0) is 31.5 Å². The van der Waals surface area contributed by atoms with E-state index in [2.05, 4.69) is 30.1 Å². The summed E-state index contributed by atoms with van der Waals surface area (Å²) >= 11 is 12.0. The van der Waals surface area contributed by atoms with Gasteiger partial charge in [-0.2, -0.15) is 0 Å². The molecule has 0 aliphatic carbocycles. The minimum Gasteiger partial charge on any atom is -0.356 e. The Morgan fingerprint density at radius 3 is 2.67 bits per heavy atom. The molecule has 0 radical (unpaired) electrons. The van der Waals surface area contributed by atoms with E-state index in [1.807, 2.05) is 5.38 Å². The maximum atomic E-state index is 5.35. The summed E-state index contributed by atoms with van der Waals surface area (Å²) in [6.45, 7) is 1.95. The lowest BCUT2D eigenvalue weighted by molar-refractivity contribution is 0.573. The Hall–Kier alpha value is -1.45. The molecule has 1 aliphatic heterocycles. The third kappa shape index (κ3) is 3.42. The predicted octanol–water partition coefficient (Wildman–Crippen LogP) is 4.66. The van der Waals surface area contributed by atoms with Gasteiger partial charge in [0, 0.05) is 24.7 Å². The lowest BCUT2D eigenvalue weighted by atomic mass is 10.1. The number of piperidine rings is 1. The molecule has 2 aromatic rings. The molecule has 0 unspecified atom stereocenters. The normalized spacial score (nSPS) is 15.7. The highest BCUT2D eigenvalue weighted by Crippen LogP contribution is 2.30. The summed E-state index contributed by atoms with van der Waals surface area (Å²) in [6, 6.07) is 0. The Labute approximate surface area is 136 Å². The molecule has 0 atom stereocenters. The van der Waals surface area contributed by atoms with Crippen LogP contribution in [0.1, 0.15) is 19.3 Å². The van der Waals surface area contributed by atoms with Crippen LogP contribution in [0.3, 0.4) is 0 Å². The fourth-order valence-corrected chi connectivity index (χ4v) is 3.22. The number of rotatable bonds is 3. The maximum Gasteiger partial charge on any atom is 0.229 e. The van der Waals surface area contributed by atoms with Gasteiger partial charge < -0.3 is 14.9 Å². The second-order valence-corrected chi connectivity index (χ2v) is 6.36. The first-order chi connectivity index (χ1) is 10.2. The summed E-state index contributed by atoms with van der Waals surface area (Å²) < 4.78 is 1.01. The van der Waals surface area contributed by atoms with Gasteiger partial charge in [0.05, 0.1) is 0 Å². The number of H-pyrrole nitrogens is 2. The van der Waals surface area contributed by atoms with Gasteiger partial charge in [0.1, 0.15) is 10.5 Å². The fourth-order valence-electron chi connectivity index (χ4n) is 2.27. The molecule has 3 heterocycles. The Morgan fingerprint density at radius 2 is 1.95 bits per heavy atom. The van der Waals surface area contributed by atoms with Crippen LogP contribution in [0.5, 0.6) is 0 Å². The molecule has 9 heteroatoms. The fraction of sp³-hybridized carbons (Fsp3) is 0.417. The summed E-state index contributed by atoms with van der Waals surface area (Å²) in [6.07, 6.45) is 5.28. The molecule has 2 N–H and O–H groups in total. The van der Waals surface area contributed by atoms with E-state index < -0.39 is 0 Å². The van der Waals surface area contributed by atoms with Crippen molar-refractivity contribution in [3.8, 4) is 0 Å². The number of thiazole rings is 1. The Balaban J connectivity index is 2.01. The molecule has 0 spiro atoms. The largest absolute Gasteiger partial charge is 0.356 e.